The topological polar surface area (TPSA) is 39.1 Å². The summed E-state index contributed by atoms with van der Waals surface area (Å²) in [5.41, 5.74) is 1.64. The number of rotatable bonds is 2. The number of aryl methyl sites for hydroxylation is 1. The first-order valence-electron chi connectivity index (χ1n) is 6.08. The van der Waals surface area contributed by atoms with E-state index in [9.17, 15) is 8.42 Å². The van der Waals surface area contributed by atoms with Crippen molar-refractivity contribution in [1.29, 1.82) is 0 Å². The summed E-state index contributed by atoms with van der Waals surface area (Å²) in [6.07, 6.45) is 1.60. The van der Waals surface area contributed by atoms with Crippen LogP contribution < -0.4 is 0 Å². The number of benzene rings is 2. The van der Waals surface area contributed by atoms with E-state index in [0.717, 1.165) is 20.9 Å². The minimum Gasteiger partial charge on any atom is -0.241 e. The molecule has 1 heterocycles. The molecule has 0 aliphatic carbocycles. The van der Waals surface area contributed by atoms with Crippen LogP contribution in [0.3, 0.4) is 0 Å². The minimum atomic E-state index is -3.56. The number of hydrogen-bond acceptors (Lipinski definition) is 2. The van der Waals surface area contributed by atoms with Crippen molar-refractivity contribution in [3.05, 3.63) is 64.8 Å². The Morgan fingerprint density at radius 1 is 1.05 bits per heavy atom. The van der Waals surface area contributed by atoms with Gasteiger partial charge in [-0.05, 0) is 42.8 Å². The highest BCUT2D eigenvalue weighted by Gasteiger charge is 2.19. The summed E-state index contributed by atoms with van der Waals surface area (Å²) in [6.45, 7) is 1.91. The number of fused-ring (bicyclic) bond motifs is 1. The lowest BCUT2D eigenvalue weighted by molar-refractivity contribution is 0.589. The minimum absolute atomic E-state index is 0.291. The van der Waals surface area contributed by atoms with Crippen LogP contribution >= 0.6 is 15.9 Å². The number of halogens is 1. The zero-order chi connectivity index (χ0) is 14.3. The molecule has 0 spiro atoms. The van der Waals surface area contributed by atoms with Crippen LogP contribution in [0.1, 0.15) is 5.56 Å². The predicted octanol–water partition coefficient (Wildman–Crippen LogP) is 3.95. The molecule has 20 heavy (non-hydrogen) atoms. The Labute approximate surface area is 126 Å². The molecule has 0 saturated heterocycles. The van der Waals surface area contributed by atoms with Gasteiger partial charge in [0.25, 0.3) is 10.0 Å². The summed E-state index contributed by atoms with van der Waals surface area (Å²) in [7, 11) is -3.56. The Morgan fingerprint density at radius 2 is 1.75 bits per heavy atom. The van der Waals surface area contributed by atoms with Crippen molar-refractivity contribution in [3.63, 3.8) is 0 Å². The van der Waals surface area contributed by atoms with Gasteiger partial charge >= 0.3 is 0 Å². The third-order valence-corrected chi connectivity index (χ3v) is 5.35. The van der Waals surface area contributed by atoms with Crippen molar-refractivity contribution >= 4 is 36.9 Å². The van der Waals surface area contributed by atoms with E-state index in [1.54, 1.807) is 36.5 Å². The quantitative estimate of drug-likeness (QED) is 0.702. The molecule has 0 amide bonds. The van der Waals surface area contributed by atoms with E-state index in [2.05, 4.69) is 15.9 Å². The van der Waals surface area contributed by atoms with Gasteiger partial charge in [-0.15, -0.1) is 0 Å². The van der Waals surface area contributed by atoms with Gasteiger partial charge in [-0.1, -0.05) is 34.1 Å². The second-order valence-electron chi connectivity index (χ2n) is 4.59. The molecule has 0 unspecified atom stereocenters. The maximum atomic E-state index is 12.7. The first kappa shape index (κ1) is 13.4. The lowest BCUT2D eigenvalue weighted by atomic mass is 10.2. The summed E-state index contributed by atoms with van der Waals surface area (Å²) < 4.78 is 27.7. The molecule has 0 N–H and O–H groups in total. The molecule has 0 bridgehead atoms. The number of aromatic nitrogens is 1. The third kappa shape index (κ3) is 2.07. The van der Waals surface area contributed by atoms with Crippen LogP contribution in [0.4, 0.5) is 0 Å². The van der Waals surface area contributed by atoms with Gasteiger partial charge in [0.05, 0.1) is 10.4 Å². The third-order valence-electron chi connectivity index (χ3n) is 3.20. The average Bonchev–Trinajstić information content (AvgIpc) is 2.84. The van der Waals surface area contributed by atoms with E-state index in [1.165, 1.54) is 3.97 Å². The Bertz CT molecular complexity index is 883. The van der Waals surface area contributed by atoms with Gasteiger partial charge in [0.1, 0.15) is 0 Å². The van der Waals surface area contributed by atoms with E-state index in [1.807, 2.05) is 25.1 Å². The molecular weight excluding hydrogens is 338 g/mol. The van der Waals surface area contributed by atoms with Crippen molar-refractivity contribution in [2.75, 3.05) is 0 Å². The van der Waals surface area contributed by atoms with Crippen molar-refractivity contribution in [3.8, 4) is 0 Å². The summed E-state index contributed by atoms with van der Waals surface area (Å²) in [6, 6.07) is 14.1. The summed E-state index contributed by atoms with van der Waals surface area (Å²) >= 11 is 3.43. The molecule has 0 fully saturated rings. The van der Waals surface area contributed by atoms with E-state index in [-0.39, 0.29) is 0 Å². The first-order chi connectivity index (χ1) is 9.50. The maximum Gasteiger partial charge on any atom is 0.268 e. The van der Waals surface area contributed by atoms with Gasteiger partial charge in [-0.2, -0.15) is 0 Å². The molecule has 0 saturated carbocycles. The standard InChI is InChI=1S/C15H12BrNO2S/c1-11-9-13(16)10-12-7-8-17(15(11)12)20(18,19)14-5-3-2-4-6-14/h2-10H,1H3. The molecule has 0 radical (unpaired) electrons. The fourth-order valence-corrected chi connectivity index (χ4v) is 4.35. The Morgan fingerprint density at radius 3 is 2.45 bits per heavy atom. The molecule has 3 aromatic rings. The highest BCUT2D eigenvalue weighted by Crippen LogP contribution is 2.28. The summed E-state index contributed by atoms with van der Waals surface area (Å²) in [4.78, 5) is 0.291. The van der Waals surface area contributed by atoms with Crippen molar-refractivity contribution < 1.29 is 8.42 Å². The molecule has 0 atom stereocenters. The van der Waals surface area contributed by atoms with Gasteiger partial charge < -0.3 is 0 Å². The monoisotopic (exact) mass is 349 g/mol. The molecule has 0 aliphatic rings. The number of hydrogen-bond donors (Lipinski definition) is 0. The van der Waals surface area contributed by atoms with Crippen LogP contribution in [0.25, 0.3) is 10.9 Å². The van der Waals surface area contributed by atoms with E-state index < -0.39 is 10.0 Å². The molecule has 2 aromatic carbocycles. The highest BCUT2D eigenvalue weighted by molar-refractivity contribution is 9.10. The lowest BCUT2D eigenvalue weighted by Crippen LogP contribution is -2.12. The van der Waals surface area contributed by atoms with Gasteiger partial charge in [-0.3, -0.25) is 0 Å². The average molecular weight is 350 g/mol. The van der Waals surface area contributed by atoms with Crippen LogP contribution in [-0.2, 0) is 10.0 Å². The summed E-state index contributed by atoms with van der Waals surface area (Å²) in [5, 5.41) is 0.899. The Kier molecular flexibility index (Phi) is 3.18. The zero-order valence-corrected chi connectivity index (χ0v) is 13.1. The van der Waals surface area contributed by atoms with Crippen LogP contribution in [0, 0.1) is 6.92 Å². The normalized spacial score (nSPS) is 11.9. The Hall–Kier alpha value is -1.59. The predicted molar refractivity (Wildman–Crippen MR) is 83.4 cm³/mol. The SMILES string of the molecule is Cc1cc(Br)cc2ccn(S(=O)(=O)c3ccccc3)c12. The second kappa shape index (κ2) is 4.75. The fraction of sp³-hybridized carbons (Fsp3) is 0.0667. The molecule has 3 nitrogen and oxygen atoms in total. The van der Waals surface area contributed by atoms with Crippen LogP contribution in [-0.4, -0.2) is 12.4 Å². The molecule has 5 heteroatoms. The van der Waals surface area contributed by atoms with Gasteiger partial charge in [0, 0.05) is 16.1 Å². The number of nitrogens with zero attached hydrogens (tertiary/aromatic N) is 1. The fourth-order valence-electron chi connectivity index (χ4n) is 2.32. The van der Waals surface area contributed by atoms with Gasteiger partial charge in [0.15, 0.2) is 0 Å². The largest absolute Gasteiger partial charge is 0.268 e. The van der Waals surface area contributed by atoms with E-state index >= 15 is 0 Å². The first-order valence-corrected chi connectivity index (χ1v) is 8.31. The van der Waals surface area contributed by atoms with Crippen LogP contribution in [0.5, 0.6) is 0 Å². The zero-order valence-electron chi connectivity index (χ0n) is 10.7. The second-order valence-corrected chi connectivity index (χ2v) is 7.32. The molecular formula is C15H12BrNO2S. The van der Waals surface area contributed by atoms with Gasteiger partial charge in [0.2, 0.25) is 0 Å². The smallest absolute Gasteiger partial charge is 0.241 e. The Balaban J connectivity index is 2.31. The molecule has 1 aromatic heterocycles. The molecule has 0 aliphatic heterocycles. The van der Waals surface area contributed by atoms with Crippen LogP contribution in [0.2, 0.25) is 0 Å². The van der Waals surface area contributed by atoms with Crippen molar-refractivity contribution in [2.45, 2.75) is 11.8 Å². The van der Waals surface area contributed by atoms with Gasteiger partial charge in [-0.25, -0.2) is 12.4 Å². The lowest BCUT2D eigenvalue weighted by Gasteiger charge is -2.09. The molecule has 102 valence electrons. The molecule has 3 rings (SSSR count). The summed E-state index contributed by atoms with van der Waals surface area (Å²) in [5.74, 6) is 0. The van der Waals surface area contributed by atoms with Crippen molar-refractivity contribution in [1.82, 2.24) is 3.97 Å². The van der Waals surface area contributed by atoms with E-state index in [0.29, 0.717) is 4.90 Å². The van der Waals surface area contributed by atoms with E-state index in [4.69, 9.17) is 0 Å². The van der Waals surface area contributed by atoms with Crippen LogP contribution in [0.15, 0.2) is 64.1 Å². The highest BCUT2D eigenvalue weighted by atomic mass is 79.9. The van der Waals surface area contributed by atoms with Crippen molar-refractivity contribution in [2.24, 2.45) is 0 Å². The maximum absolute atomic E-state index is 12.7.